The predicted octanol–water partition coefficient (Wildman–Crippen LogP) is 4.10. The van der Waals surface area contributed by atoms with Crippen molar-refractivity contribution in [2.24, 2.45) is 0 Å². The molecule has 3 aromatic rings. The number of hydrogen-bond acceptors (Lipinski definition) is 6. The summed E-state index contributed by atoms with van der Waals surface area (Å²) in [5, 5.41) is 0.519. The van der Waals surface area contributed by atoms with Crippen molar-refractivity contribution in [2.45, 2.75) is 11.8 Å². The van der Waals surface area contributed by atoms with Gasteiger partial charge in [-0.3, -0.25) is 14.2 Å². The first kappa shape index (κ1) is 24.0. The Kier molecular flexibility index (Phi) is 6.80. The minimum absolute atomic E-state index is 0.0582. The van der Waals surface area contributed by atoms with E-state index in [2.05, 4.69) is 14.4 Å². The molecule has 0 aliphatic rings. The molecule has 168 valence electrons. The van der Waals surface area contributed by atoms with Gasteiger partial charge in [-0.25, -0.2) is 21.8 Å². The number of nitrogens with zero attached hydrogens (tertiary/aromatic N) is 1. The highest BCUT2D eigenvalue weighted by Gasteiger charge is 2.22. The average molecular weight is 514 g/mol. The molecule has 2 N–H and O–H groups in total. The van der Waals surface area contributed by atoms with Crippen molar-refractivity contribution in [1.29, 1.82) is 0 Å². The molecule has 1 heterocycles. The monoisotopic (exact) mass is 513 g/mol. The molecule has 0 fully saturated rings. The number of halogens is 2. The van der Waals surface area contributed by atoms with Gasteiger partial charge in [0, 0.05) is 22.5 Å². The molecular weight excluding hydrogens is 497 g/mol. The zero-order chi connectivity index (χ0) is 23.7. The molecule has 0 aliphatic carbocycles. The SMILES string of the molecule is Cc1cc(S(=O)(=O)Nc2cc(Cl)cnc2C(=O)c2cccc(NS(C)(=O)=O)c2)ccc1Cl. The zero-order valence-electron chi connectivity index (χ0n) is 16.8. The Morgan fingerprint density at radius 3 is 2.34 bits per heavy atom. The third-order valence-electron chi connectivity index (χ3n) is 4.18. The Morgan fingerprint density at radius 1 is 0.969 bits per heavy atom. The van der Waals surface area contributed by atoms with Gasteiger partial charge >= 0.3 is 0 Å². The van der Waals surface area contributed by atoms with Crippen LogP contribution in [0.2, 0.25) is 10.0 Å². The third-order valence-corrected chi connectivity index (χ3v) is 6.78. The fourth-order valence-electron chi connectivity index (χ4n) is 2.76. The van der Waals surface area contributed by atoms with Crippen LogP contribution in [0.25, 0.3) is 0 Å². The highest BCUT2D eigenvalue weighted by Crippen LogP contribution is 2.26. The molecule has 0 unspecified atom stereocenters. The van der Waals surface area contributed by atoms with E-state index in [1.165, 1.54) is 54.7 Å². The van der Waals surface area contributed by atoms with Crippen molar-refractivity contribution in [1.82, 2.24) is 4.98 Å². The average Bonchev–Trinajstić information content (AvgIpc) is 2.68. The number of carbonyl (C=O) groups is 1. The molecule has 0 amide bonds. The second-order valence-corrected chi connectivity index (χ2v) is 11.1. The summed E-state index contributed by atoms with van der Waals surface area (Å²) >= 11 is 12.0. The number of anilines is 2. The highest BCUT2D eigenvalue weighted by molar-refractivity contribution is 7.92. The number of aryl methyl sites for hydroxylation is 1. The number of sulfonamides is 2. The lowest BCUT2D eigenvalue weighted by Gasteiger charge is -2.13. The van der Waals surface area contributed by atoms with Gasteiger partial charge in [0.15, 0.2) is 0 Å². The Morgan fingerprint density at radius 2 is 1.69 bits per heavy atom. The molecule has 0 saturated heterocycles. The van der Waals surface area contributed by atoms with E-state index in [4.69, 9.17) is 23.2 Å². The van der Waals surface area contributed by atoms with Crippen LogP contribution in [-0.2, 0) is 20.0 Å². The van der Waals surface area contributed by atoms with Crippen molar-refractivity contribution in [2.75, 3.05) is 15.7 Å². The van der Waals surface area contributed by atoms with Crippen LogP contribution in [0.3, 0.4) is 0 Å². The molecule has 32 heavy (non-hydrogen) atoms. The number of rotatable bonds is 7. The first-order chi connectivity index (χ1) is 14.9. The number of ketones is 1. The minimum Gasteiger partial charge on any atom is -0.287 e. The summed E-state index contributed by atoms with van der Waals surface area (Å²) in [4.78, 5) is 17.0. The van der Waals surface area contributed by atoms with E-state index in [-0.39, 0.29) is 32.6 Å². The third kappa shape index (κ3) is 5.77. The maximum atomic E-state index is 13.1. The molecule has 1 aromatic heterocycles. The summed E-state index contributed by atoms with van der Waals surface area (Å²) in [5.41, 5.74) is 0.490. The number of nitrogens with one attached hydrogen (secondary N) is 2. The van der Waals surface area contributed by atoms with Crippen LogP contribution < -0.4 is 9.44 Å². The van der Waals surface area contributed by atoms with E-state index in [1.54, 1.807) is 6.92 Å². The first-order valence-corrected chi connectivity index (χ1v) is 13.1. The van der Waals surface area contributed by atoms with Crippen molar-refractivity contribution in [3.63, 3.8) is 0 Å². The fourth-order valence-corrected chi connectivity index (χ4v) is 4.73. The Balaban J connectivity index is 2.01. The van der Waals surface area contributed by atoms with E-state index in [9.17, 15) is 21.6 Å². The van der Waals surface area contributed by atoms with Crippen LogP contribution >= 0.6 is 23.2 Å². The van der Waals surface area contributed by atoms with Crippen LogP contribution in [0, 0.1) is 6.92 Å². The molecular formula is C20H17Cl2N3O5S2. The summed E-state index contributed by atoms with van der Waals surface area (Å²) in [6.45, 7) is 1.66. The Labute approximate surface area is 195 Å². The molecule has 0 atom stereocenters. The fraction of sp³-hybridized carbons (Fsp3) is 0.100. The smallest absolute Gasteiger partial charge is 0.261 e. The van der Waals surface area contributed by atoms with Gasteiger partial charge in [0.25, 0.3) is 10.0 Å². The number of benzene rings is 2. The molecule has 12 heteroatoms. The second kappa shape index (κ2) is 9.07. The standard InChI is InChI=1S/C20H17Cl2N3O5S2/c1-12-8-16(6-7-17(12)22)32(29,30)25-18-10-14(21)11-23-19(18)20(26)13-4-3-5-15(9-13)24-31(2,27)28/h3-11,24-25H,1-2H3. The van der Waals surface area contributed by atoms with Gasteiger partial charge < -0.3 is 0 Å². The number of aromatic nitrogens is 1. The van der Waals surface area contributed by atoms with Gasteiger partial charge in [-0.15, -0.1) is 0 Å². The normalized spacial score (nSPS) is 11.8. The summed E-state index contributed by atoms with van der Waals surface area (Å²) < 4.78 is 53.3. The minimum atomic E-state index is -4.09. The summed E-state index contributed by atoms with van der Waals surface area (Å²) in [6.07, 6.45) is 2.19. The topological polar surface area (TPSA) is 122 Å². The maximum absolute atomic E-state index is 13.1. The lowest BCUT2D eigenvalue weighted by molar-refractivity contribution is 0.103. The quantitative estimate of drug-likeness (QED) is 0.458. The highest BCUT2D eigenvalue weighted by atomic mass is 35.5. The lowest BCUT2D eigenvalue weighted by Crippen LogP contribution is -2.17. The van der Waals surface area contributed by atoms with Crippen molar-refractivity contribution in [3.8, 4) is 0 Å². The van der Waals surface area contributed by atoms with Crippen LogP contribution in [0.4, 0.5) is 11.4 Å². The van der Waals surface area contributed by atoms with Gasteiger partial charge in [0.1, 0.15) is 5.69 Å². The molecule has 0 radical (unpaired) electrons. The Bertz CT molecular complexity index is 1420. The second-order valence-electron chi connectivity index (χ2n) is 6.85. The van der Waals surface area contributed by atoms with Crippen molar-refractivity contribution >= 4 is 60.4 Å². The lowest BCUT2D eigenvalue weighted by atomic mass is 10.1. The van der Waals surface area contributed by atoms with Crippen molar-refractivity contribution in [3.05, 3.63) is 81.6 Å². The van der Waals surface area contributed by atoms with E-state index < -0.39 is 25.8 Å². The molecule has 0 aliphatic heterocycles. The molecule has 8 nitrogen and oxygen atoms in total. The van der Waals surface area contributed by atoms with Crippen LogP contribution in [0.15, 0.2) is 59.6 Å². The van der Waals surface area contributed by atoms with Gasteiger partial charge in [-0.05, 0) is 48.9 Å². The van der Waals surface area contributed by atoms with E-state index in [0.29, 0.717) is 10.6 Å². The van der Waals surface area contributed by atoms with Gasteiger partial charge in [-0.1, -0.05) is 35.3 Å². The molecule has 0 spiro atoms. The van der Waals surface area contributed by atoms with Gasteiger partial charge in [0.05, 0.1) is 21.9 Å². The van der Waals surface area contributed by atoms with E-state index >= 15 is 0 Å². The van der Waals surface area contributed by atoms with Crippen molar-refractivity contribution < 1.29 is 21.6 Å². The van der Waals surface area contributed by atoms with E-state index in [0.717, 1.165) is 6.26 Å². The van der Waals surface area contributed by atoms with Gasteiger partial charge in [-0.2, -0.15) is 0 Å². The number of carbonyl (C=O) groups excluding carboxylic acids is 1. The molecule has 0 bridgehead atoms. The summed E-state index contributed by atoms with van der Waals surface area (Å²) in [5.74, 6) is -0.635. The van der Waals surface area contributed by atoms with E-state index in [1.807, 2.05) is 0 Å². The Hall–Kier alpha value is -2.66. The molecule has 0 saturated carbocycles. The molecule has 2 aromatic carbocycles. The summed E-state index contributed by atoms with van der Waals surface area (Å²) in [7, 11) is -7.65. The number of hydrogen-bond donors (Lipinski definition) is 2. The predicted molar refractivity (Wildman–Crippen MR) is 125 cm³/mol. The first-order valence-electron chi connectivity index (χ1n) is 8.93. The zero-order valence-corrected chi connectivity index (χ0v) is 19.9. The van der Waals surface area contributed by atoms with Crippen LogP contribution in [-0.4, -0.2) is 33.9 Å². The largest absolute Gasteiger partial charge is 0.287 e. The maximum Gasteiger partial charge on any atom is 0.261 e. The summed E-state index contributed by atoms with van der Waals surface area (Å²) in [6, 6.07) is 11.2. The van der Waals surface area contributed by atoms with Crippen LogP contribution in [0.1, 0.15) is 21.6 Å². The molecule has 3 rings (SSSR count). The van der Waals surface area contributed by atoms with Crippen LogP contribution in [0.5, 0.6) is 0 Å². The number of pyridine rings is 1. The van der Waals surface area contributed by atoms with Gasteiger partial charge in [0.2, 0.25) is 15.8 Å².